The molecule has 12 nitrogen and oxygen atoms in total. The summed E-state index contributed by atoms with van der Waals surface area (Å²) in [5.41, 5.74) is -4.75. The van der Waals surface area contributed by atoms with Gasteiger partial charge in [0, 0.05) is 0 Å². The minimum absolute atomic E-state index is 0.489. The maximum atomic E-state index is 12.6. The number of hydrogen-bond donors (Lipinski definition) is 0. The fourth-order valence-electron chi connectivity index (χ4n) is 8.69. The Morgan fingerprint density at radius 3 is 0.675 bits per heavy atom. The van der Waals surface area contributed by atoms with Gasteiger partial charge in [-0.15, -0.1) is 0 Å². The minimum Gasteiger partial charge on any atom is -0.468 e. The van der Waals surface area contributed by atoms with Crippen LogP contribution in [0.4, 0.5) is 0 Å². The number of hydrogen-bond acceptors (Lipinski definition) is 12. The lowest BCUT2D eigenvalue weighted by Crippen LogP contribution is -2.62. The van der Waals surface area contributed by atoms with Crippen LogP contribution in [0, 0.1) is 21.7 Å². The summed E-state index contributed by atoms with van der Waals surface area (Å²) in [5.74, 6) is -1.96. The van der Waals surface area contributed by atoms with E-state index >= 15 is 0 Å². The van der Waals surface area contributed by atoms with Gasteiger partial charge < -0.3 is 37.9 Å². The van der Waals surface area contributed by atoms with Crippen molar-refractivity contribution in [2.75, 3.05) is 28.4 Å². The molecule has 8 bridgehead atoms. The molecule has 4 fully saturated rings. The predicted molar refractivity (Wildman–Crippen MR) is 129 cm³/mol. The van der Waals surface area contributed by atoms with E-state index in [1.807, 2.05) is 0 Å². The highest BCUT2D eigenvalue weighted by molar-refractivity contribution is 5.96. The molecule has 0 aromatic rings. The van der Waals surface area contributed by atoms with Crippen molar-refractivity contribution in [1.29, 1.82) is 0 Å². The highest BCUT2D eigenvalue weighted by atomic mass is 16.6. The molecule has 0 saturated carbocycles. The number of rotatable bonds is 4. The van der Waals surface area contributed by atoms with E-state index in [9.17, 15) is 19.2 Å². The Morgan fingerprint density at radius 1 is 0.400 bits per heavy atom. The topological polar surface area (TPSA) is 142 Å². The fourth-order valence-corrected chi connectivity index (χ4v) is 8.69. The van der Waals surface area contributed by atoms with Crippen LogP contribution in [0.15, 0.2) is 48.6 Å². The van der Waals surface area contributed by atoms with Crippen molar-refractivity contribution >= 4 is 23.9 Å². The maximum absolute atomic E-state index is 12.6. The van der Waals surface area contributed by atoms with E-state index in [1.54, 1.807) is 48.6 Å². The first-order chi connectivity index (χ1) is 19.3. The third-order valence-corrected chi connectivity index (χ3v) is 10.1. The standard InChI is InChI=1S/2C14H14O6/c2*1-17-11(15)13-7-3-5-9(19-7)14(13,12(16)18-2)10-6-4-8(13)20-10/h2*3-10H,1-2H3/t7-,8+,9+,10-,13?,14?;7-,8-,9+,10+,13?,14?. The molecule has 0 spiro atoms. The highest BCUT2D eigenvalue weighted by Crippen LogP contribution is 2.70. The average Bonchev–Trinajstić information content (AvgIpc) is 3.84. The van der Waals surface area contributed by atoms with Crippen LogP contribution in [-0.2, 0) is 57.1 Å². The number of fused-ring (bicyclic) bond motifs is 18. The zero-order chi connectivity index (χ0) is 28.2. The van der Waals surface area contributed by atoms with Crippen LogP contribution in [0.2, 0.25) is 0 Å². The van der Waals surface area contributed by atoms with Gasteiger partial charge in [-0.3, -0.25) is 19.2 Å². The molecule has 10 atom stereocenters. The van der Waals surface area contributed by atoms with Crippen molar-refractivity contribution in [2.24, 2.45) is 21.7 Å². The lowest BCUT2D eigenvalue weighted by molar-refractivity contribution is -0.174. The zero-order valence-corrected chi connectivity index (χ0v) is 22.1. The van der Waals surface area contributed by atoms with Crippen LogP contribution >= 0.6 is 0 Å². The molecule has 2 unspecified atom stereocenters. The van der Waals surface area contributed by atoms with E-state index < -0.39 is 94.4 Å². The van der Waals surface area contributed by atoms with Crippen LogP contribution in [0.5, 0.6) is 0 Å². The summed E-state index contributed by atoms with van der Waals surface area (Å²) >= 11 is 0. The molecule has 0 amide bonds. The van der Waals surface area contributed by atoms with E-state index in [2.05, 4.69) is 0 Å². The smallest absolute Gasteiger partial charge is 0.319 e. The van der Waals surface area contributed by atoms with Gasteiger partial charge in [0.05, 0.1) is 77.3 Å². The summed E-state index contributed by atoms with van der Waals surface area (Å²) in [6.45, 7) is 0. The monoisotopic (exact) mass is 556 g/mol. The molecule has 4 saturated heterocycles. The van der Waals surface area contributed by atoms with Gasteiger partial charge in [-0.2, -0.15) is 0 Å². The van der Waals surface area contributed by atoms with Crippen molar-refractivity contribution in [1.82, 2.24) is 0 Å². The van der Waals surface area contributed by atoms with Gasteiger partial charge in [0.25, 0.3) is 0 Å². The summed E-state index contributed by atoms with van der Waals surface area (Å²) in [6, 6.07) is 0. The summed E-state index contributed by atoms with van der Waals surface area (Å²) in [4.78, 5) is 50.3. The summed E-state index contributed by atoms with van der Waals surface area (Å²) in [5, 5.41) is 0. The molecular weight excluding hydrogens is 528 g/mol. The van der Waals surface area contributed by atoms with Crippen LogP contribution in [0.3, 0.4) is 0 Å². The third kappa shape index (κ3) is 2.30. The lowest BCUT2D eigenvalue weighted by Gasteiger charge is -2.42. The second kappa shape index (κ2) is 8.12. The van der Waals surface area contributed by atoms with E-state index in [0.29, 0.717) is 0 Å². The van der Waals surface area contributed by atoms with Crippen molar-refractivity contribution in [3.05, 3.63) is 48.6 Å². The van der Waals surface area contributed by atoms with Crippen molar-refractivity contribution < 1.29 is 57.1 Å². The molecule has 0 radical (unpaired) electrons. The van der Waals surface area contributed by atoms with E-state index in [-0.39, 0.29) is 0 Å². The maximum Gasteiger partial charge on any atom is 0.319 e. The summed E-state index contributed by atoms with van der Waals surface area (Å²) in [7, 11) is 5.24. The van der Waals surface area contributed by atoms with Crippen LogP contribution < -0.4 is 0 Å². The second-order valence-electron chi connectivity index (χ2n) is 10.9. The molecule has 40 heavy (non-hydrogen) atoms. The van der Waals surface area contributed by atoms with Gasteiger partial charge in [0.1, 0.15) is 21.7 Å². The summed E-state index contributed by atoms with van der Waals surface area (Å²) in [6.07, 6.45) is 10.2. The van der Waals surface area contributed by atoms with Gasteiger partial charge >= 0.3 is 23.9 Å². The zero-order valence-electron chi connectivity index (χ0n) is 22.1. The first-order valence-electron chi connectivity index (χ1n) is 13.0. The molecule has 0 aromatic carbocycles. The number of esters is 4. The minimum atomic E-state index is -1.19. The number of carbonyl (C=O) groups excluding carboxylic acids is 4. The molecule has 0 aliphatic carbocycles. The average molecular weight is 557 g/mol. The Labute approximate surface area is 228 Å². The van der Waals surface area contributed by atoms with Gasteiger partial charge in [-0.05, 0) is 0 Å². The van der Waals surface area contributed by atoms with Crippen LogP contribution in [0.1, 0.15) is 0 Å². The fraction of sp³-hybridized carbons (Fsp3) is 0.571. The Balaban J connectivity index is 0.000000132. The van der Waals surface area contributed by atoms with Gasteiger partial charge in [-0.25, -0.2) is 0 Å². The Bertz CT molecular complexity index is 1080. The highest BCUT2D eigenvalue weighted by Gasteiger charge is 2.87. The molecule has 8 rings (SSSR count). The third-order valence-electron chi connectivity index (χ3n) is 10.1. The molecule has 8 heterocycles. The Hall–Kier alpha value is -3.32. The summed E-state index contributed by atoms with van der Waals surface area (Å²) < 4.78 is 43.3. The number of ether oxygens (including phenoxy) is 8. The predicted octanol–water partition coefficient (Wildman–Crippen LogP) is -0.0408. The van der Waals surface area contributed by atoms with Crippen LogP contribution in [-0.4, -0.2) is 101 Å². The normalized spacial score (nSPS) is 49.5. The van der Waals surface area contributed by atoms with Crippen molar-refractivity contribution in [2.45, 2.75) is 48.8 Å². The van der Waals surface area contributed by atoms with Gasteiger partial charge in [-0.1, -0.05) is 48.6 Å². The first kappa shape index (κ1) is 25.6. The van der Waals surface area contributed by atoms with Crippen molar-refractivity contribution in [3.8, 4) is 0 Å². The molecule has 212 valence electrons. The molecule has 0 aromatic heterocycles. The quantitative estimate of drug-likeness (QED) is 0.261. The SMILES string of the molecule is COC(=O)C12[C@@H]3C=C[C@@H](O3)C1(C(=O)OC)[C@@H]1C=C[C@H]2O1.COC(=O)C12[C@@H]3C=C[C@@H](O3)C1(C(=O)OC)[C@H]1C=C[C@@H]2O1. The van der Waals surface area contributed by atoms with Crippen molar-refractivity contribution in [3.63, 3.8) is 0 Å². The van der Waals surface area contributed by atoms with E-state index in [1.165, 1.54) is 28.4 Å². The molecular formula is C28H28O12. The van der Waals surface area contributed by atoms with Gasteiger partial charge in [0.2, 0.25) is 0 Å². The van der Waals surface area contributed by atoms with E-state index in [0.717, 1.165) is 0 Å². The van der Waals surface area contributed by atoms with Crippen LogP contribution in [0.25, 0.3) is 0 Å². The number of carbonyl (C=O) groups is 4. The largest absolute Gasteiger partial charge is 0.468 e. The molecule has 0 N–H and O–H groups in total. The molecule has 8 aliphatic rings. The molecule has 12 heteroatoms. The molecule has 8 aliphatic heterocycles. The number of methoxy groups -OCH3 is 4. The lowest BCUT2D eigenvalue weighted by atomic mass is 9.53. The Morgan fingerprint density at radius 2 is 0.550 bits per heavy atom. The first-order valence-corrected chi connectivity index (χ1v) is 13.0. The Kier molecular flexibility index (Phi) is 5.21. The van der Waals surface area contributed by atoms with Gasteiger partial charge in [0.15, 0.2) is 0 Å². The second-order valence-corrected chi connectivity index (χ2v) is 10.9. The van der Waals surface area contributed by atoms with E-state index in [4.69, 9.17) is 37.9 Å².